The normalized spacial score (nSPS) is 11.0. The predicted octanol–water partition coefficient (Wildman–Crippen LogP) is 5.64. The third kappa shape index (κ3) is 7.80. The SMILES string of the molecule is CCCCOC(=O)c1ccc(NC(=O)CN(c2ccc(OCC)cc2)S(=O)(=O)c2ccc(Br)cc2)cc1. The van der Waals surface area contributed by atoms with Crippen LogP contribution >= 0.6 is 15.9 Å². The van der Waals surface area contributed by atoms with E-state index < -0.39 is 28.4 Å². The van der Waals surface area contributed by atoms with Gasteiger partial charge in [0.2, 0.25) is 5.91 Å². The van der Waals surface area contributed by atoms with Crippen molar-refractivity contribution >= 4 is 49.2 Å². The van der Waals surface area contributed by atoms with Crippen LogP contribution in [0, 0.1) is 0 Å². The molecule has 0 unspecified atom stereocenters. The van der Waals surface area contributed by atoms with Gasteiger partial charge in [0.1, 0.15) is 12.3 Å². The lowest BCUT2D eigenvalue weighted by atomic mass is 10.2. The molecule has 0 fully saturated rings. The monoisotopic (exact) mass is 588 g/mol. The number of amides is 1. The molecule has 0 aliphatic carbocycles. The zero-order valence-electron chi connectivity index (χ0n) is 20.6. The molecular weight excluding hydrogens is 560 g/mol. The summed E-state index contributed by atoms with van der Waals surface area (Å²) < 4.78 is 39.5. The van der Waals surface area contributed by atoms with Gasteiger partial charge in [0.05, 0.1) is 29.4 Å². The Labute approximate surface area is 225 Å². The van der Waals surface area contributed by atoms with Gasteiger partial charge in [-0.2, -0.15) is 0 Å². The van der Waals surface area contributed by atoms with Crippen molar-refractivity contribution in [3.8, 4) is 5.75 Å². The van der Waals surface area contributed by atoms with Crippen molar-refractivity contribution < 1.29 is 27.5 Å². The Hall–Kier alpha value is -3.37. The predicted molar refractivity (Wildman–Crippen MR) is 147 cm³/mol. The fraction of sp³-hybridized carbons (Fsp3) is 0.259. The highest BCUT2D eigenvalue weighted by atomic mass is 79.9. The van der Waals surface area contributed by atoms with Crippen LogP contribution in [0.4, 0.5) is 11.4 Å². The number of carbonyl (C=O) groups excluding carboxylic acids is 2. The highest BCUT2D eigenvalue weighted by molar-refractivity contribution is 9.10. The lowest BCUT2D eigenvalue weighted by molar-refractivity contribution is -0.114. The highest BCUT2D eigenvalue weighted by Gasteiger charge is 2.27. The molecule has 0 bridgehead atoms. The third-order valence-electron chi connectivity index (χ3n) is 5.26. The Balaban J connectivity index is 1.79. The molecule has 0 heterocycles. The van der Waals surface area contributed by atoms with E-state index in [1.807, 2.05) is 13.8 Å². The van der Waals surface area contributed by atoms with E-state index in [9.17, 15) is 18.0 Å². The Kier molecular flexibility index (Phi) is 10.1. The van der Waals surface area contributed by atoms with Crippen LogP contribution in [0.25, 0.3) is 0 Å². The van der Waals surface area contributed by atoms with Crippen molar-refractivity contribution in [2.45, 2.75) is 31.6 Å². The second-order valence-electron chi connectivity index (χ2n) is 8.01. The first kappa shape index (κ1) is 28.2. The van der Waals surface area contributed by atoms with E-state index in [1.54, 1.807) is 60.7 Å². The summed E-state index contributed by atoms with van der Waals surface area (Å²) in [5, 5.41) is 2.70. The molecule has 0 spiro atoms. The van der Waals surface area contributed by atoms with E-state index in [0.717, 1.165) is 21.6 Å². The number of nitrogens with one attached hydrogen (secondary N) is 1. The fourth-order valence-electron chi connectivity index (χ4n) is 3.34. The molecule has 0 aliphatic rings. The summed E-state index contributed by atoms with van der Waals surface area (Å²) in [6, 6.07) is 18.9. The first-order valence-electron chi connectivity index (χ1n) is 11.8. The van der Waals surface area contributed by atoms with Crippen molar-refractivity contribution in [1.29, 1.82) is 0 Å². The molecule has 0 atom stereocenters. The molecule has 1 N–H and O–H groups in total. The number of rotatable bonds is 12. The van der Waals surface area contributed by atoms with Gasteiger partial charge in [-0.15, -0.1) is 0 Å². The van der Waals surface area contributed by atoms with Crippen molar-refractivity contribution in [1.82, 2.24) is 0 Å². The number of carbonyl (C=O) groups is 2. The van der Waals surface area contributed by atoms with E-state index in [0.29, 0.717) is 35.9 Å². The Morgan fingerprint density at radius 3 is 2.16 bits per heavy atom. The summed E-state index contributed by atoms with van der Waals surface area (Å²) in [5.74, 6) is -0.397. The summed E-state index contributed by atoms with van der Waals surface area (Å²) in [6.45, 7) is 4.21. The molecule has 1 amide bonds. The summed E-state index contributed by atoms with van der Waals surface area (Å²) in [5.41, 5.74) is 1.09. The smallest absolute Gasteiger partial charge is 0.338 e. The van der Waals surface area contributed by atoms with Gasteiger partial charge in [-0.1, -0.05) is 29.3 Å². The van der Waals surface area contributed by atoms with Gasteiger partial charge in [0.15, 0.2) is 0 Å². The minimum atomic E-state index is -4.06. The van der Waals surface area contributed by atoms with Crippen LogP contribution in [0.5, 0.6) is 5.75 Å². The molecule has 0 saturated heterocycles. The van der Waals surface area contributed by atoms with E-state index >= 15 is 0 Å². The summed E-state index contributed by atoms with van der Waals surface area (Å²) in [7, 11) is -4.06. The fourth-order valence-corrected chi connectivity index (χ4v) is 5.02. The standard InChI is InChI=1S/C27H29BrN2O6S/c1-3-5-18-36-27(32)20-6-10-22(11-7-20)29-26(31)19-30(23-12-14-24(15-13-23)35-4-2)37(33,34)25-16-8-21(28)9-17-25/h6-17H,3-5,18-19H2,1-2H3,(H,29,31). The Morgan fingerprint density at radius 2 is 1.57 bits per heavy atom. The number of esters is 1. The molecule has 37 heavy (non-hydrogen) atoms. The number of unbranched alkanes of at least 4 members (excludes halogenated alkanes) is 1. The Bertz CT molecular complexity index is 1290. The molecule has 3 aromatic rings. The maximum absolute atomic E-state index is 13.5. The summed E-state index contributed by atoms with van der Waals surface area (Å²) >= 11 is 3.31. The maximum atomic E-state index is 13.5. The largest absolute Gasteiger partial charge is 0.494 e. The highest BCUT2D eigenvalue weighted by Crippen LogP contribution is 2.27. The quantitative estimate of drug-likeness (QED) is 0.217. The topological polar surface area (TPSA) is 102 Å². The van der Waals surface area contributed by atoms with Gasteiger partial charge in [-0.25, -0.2) is 13.2 Å². The zero-order valence-corrected chi connectivity index (χ0v) is 23.0. The summed E-state index contributed by atoms with van der Waals surface area (Å²) in [4.78, 5) is 25.1. The van der Waals surface area contributed by atoms with Crippen LogP contribution in [0.1, 0.15) is 37.0 Å². The van der Waals surface area contributed by atoms with Crippen LogP contribution in [0.15, 0.2) is 82.2 Å². The number of halogens is 1. The zero-order chi connectivity index (χ0) is 26.8. The third-order valence-corrected chi connectivity index (χ3v) is 7.58. The molecule has 8 nitrogen and oxygen atoms in total. The van der Waals surface area contributed by atoms with E-state index in [4.69, 9.17) is 9.47 Å². The van der Waals surface area contributed by atoms with Crippen LogP contribution in [0.3, 0.4) is 0 Å². The number of sulfonamides is 1. The number of benzene rings is 3. The number of nitrogens with zero attached hydrogens (tertiary/aromatic N) is 1. The van der Waals surface area contributed by atoms with Gasteiger partial charge in [-0.05, 0) is 86.1 Å². The van der Waals surface area contributed by atoms with Crippen molar-refractivity contribution in [2.75, 3.05) is 29.4 Å². The number of ether oxygens (including phenoxy) is 2. The molecule has 0 radical (unpaired) electrons. The van der Waals surface area contributed by atoms with Gasteiger partial charge in [0.25, 0.3) is 10.0 Å². The van der Waals surface area contributed by atoms with Crippen LogP contribution < -0.4 is 14.4 Å². The minimum absolute atomic E-state index is 0.0447. The molecule has 0 aromatic heterocycles. The van der Waals surface area contributed by atoms with Crippen molar-refractivity contribution in [2.24, 2.45) is 0 Å². The Morgan fingerprint density at radius 1 is 0.919 bits per heavy atom. The second kappa shape index (κ2) is 13.3. The lowest BCUT2D eigenvalue weighted by Gasteiger charge is -2.24. The van der Waals surface area contributed by atoms with Gasteiger partial charge in [-0.3, -0.25) is 9.10 Å². The van der Waals surface area contributed by atoms with Crippen molar-refractivity contribution in [3.63, 3.8) is 0 Å². The number of hydrogen-bond acceptors (Lipinski definition) is 6. The number of anilines is 2. The number of hydrogen-bond donors (Lipinski definition) is 1. The van der Waals surface area contributed by atoms with Gasteiger partial charge < -0.3 is 14.8 Å². The molecule has 0 aliphatic heterocycles. The first-order valence-corrected chi connectivity index (χ1v) is 14.1. The van der Waals surface area contributed by atoms with Crippen LogP contribution in [0.2, 0.25) is 0 Å². The molecule has 3 aromatic carbocycles. The van der Waals surface area contributed by atoms with Gasteiger partial charge >= 0.3 is 5.97 Å². The maximum Gasteiger partial charge on any atom is 0.338 e. The van der Waals surface area contributed by atoms with E-state index in [2.05, 4.69) is 21.2 Å². The lowest BCUT2D eigenvalue weighted by Crippen LogP contribution is -2.38. The van der Waals surface area contributed by atoms with Crippen molar-refractivity contribution in [3.05, 3.63) is 82.8 Å². The average molecular weight is 590 g/mol. The average Bonchev–Trinajstić information content (AvgIpc) is 2.89. The first-order chi connectivity index (χ1) is 17.7. The van der Waals surface area contributed by atoms with Crippen LogP contribution in [-0.2, 0) is 19.6 Å². The van der Waals surface area contributed by atoms with Crippen LogP contribution in [-0.4, -0.2) is 40.1 Å². The second-order valence-corrected chi connectivity index (χ2v) is 10.8. The van der Waals surface area contributed by atoms with E-state index in [1.165, 1.54) is 12.1 Å². The molecule has 3 rings (SSSR count). The summed E-state index contributed by atoms with van der Waals surface area (Å²) in [6.07, 6.45) is 1.71. The minimum Gasteiger partial charge on any atom is -0.494 e. The molecule has 196 valence electrons. The molecule has 0 saturated carbocycles. The molecule has 10 heteroatoms. The molecular formula is C27H29BrN2O6S. The van der Waals surface area contributed by atoms with E-state index in [-0.39, 0.29) is 4.90 Å². The van der Waals surface area contributed by atoms with Gasteiger partial charge in [0, 0.05) is 10.2 Å².